The summed E-state index contributed by atoms with van der Waals surface area (Å²) in [5.74, 6) is 0.652. The summed E-state index contributed by atoms with van der Waals surface area (Å²) in [5.41, 5.74) is 2.55. The van der Waals surface area contributed by atoms with Crippen LogP contribution in [0.3, 0.4) is 0 Å². The molecule has 2 rings (SSSR count). The lowest BCUT2D eigenvalue weighted by atomic mass is 10.1. The first-order valence-electron chi connectivity index (χ1n) is 7.46. The molecule has 2 N–H and O–H groups in total. The van der Waals surface area contributed by atoms with Gasteiger partial charge in [0, 0.05) is 24.9 Å². The zero-order chi connectivity index (χ0) is 15.9. The number of fused-ring (bicyclic) bond motifs is 1. The fourth-order valence-electron chi connectivity index (χ4n) is 2.15. The van der Waals surface area contributed by atoms with Crippen LogP contribution in [0.2, 0.25) is 0 Å². The maximum Gasteiger partial charge on any atom is 0.219 e. The predicted molar refractivity (Wildman–Crippen MR) is 87.6 cm³/mol. The van der Waals surface area contributed by atoms with Gasteiger partial charge in [-0.05, 0) is 31.0 Å². The fraction of sp³-hybridized carbons (Fsp3) is 0.353. The molecule has 1 heterocycles. The Morgan fingerprint density at radius 1 is 1.32 bits per heavy atom. The van der Waals surface area contributed by atoms with Gasteiger partial charge in [-0.25, -0.2) is 4.98 Å². The highest BCUT2D eigenvalue weighted by Crippen LogP contribution is 2.20. The van der Waals surface area contributed by atoms with E-state index in [0.29, 0.717) is 30.9 Å². The fourth-order valence-corrected chi connectivity index (χ4v) is 2.15. The van der Waals surface area contributed by atoms with Gasteiger partial charge in [0.1, 0.15) is 11.9 Å². The van der Waals surface area contributed by atoms with Crippen molar-refractivity contribution in [2.75, 3.05) is 18.4 Å². The van der Waals surface area contributed by atoms with Crippen molar-refractivity contribution in [2.24, 2.45) is 0 Å². The second kappa shape index (κ2) is 7.41. The van der Waals surface area contributed by atoms with E-state index in [-0.39, 0.29) is 5.91 Å². The predicted octanol–water partition coefficient (Wildman–Crippen LogP) is 2.74. The molecule has 0 unspecified atom stereocenters. The molecule has 114 valence electrons. The number of benzene rings is 1. The smallest absolute Gasteiger partial charge is 0.219 e. The van der Waals surface area contributed by atoms with Gasteiger partial charge in [-0.3, -0.25) is 4.79 Å². The Morgan fingerprint density at radius 3 is 2.86 bits per heavy atom. The van der Waals surface area contributed by atoms with Crippen LogP contribution < -0.4 is 10.6 Å². The van der Waals surface area contributed by atoms with Crippen LogP contribution in [0, 0.1) is 18.3 Å². The quantitative estimate of drug-likeness (QED) is 0.803. The van der Waals surface area contributed by atoms with Crippen molar-refractivity contribution >= 4 is 22.6 Å². The first-order valence-corrected chi connectivity index (χ1v) is 7.46. The van der Waals surface area contributed by atoms with Gasteiger partial charge in [0.05, 0.1) is 11.1 Å². The van der Waals surface area contributed by atoms with Crippen molar-refractivity contribution in [1.82, 2.24) is 10.3 Å². The lowest BCUT2D eigenvalue weighted by molar-refractivity contribution is -0.120. The molecule has 1 aromatic carbocycles. The minimum atomic E-state index is 0.0528. The van der Waals surface area contributed by atoms with Gasteiger partial charge < -0.3 is 10.6 Å². The van der Waals surface area contributed by atoms with Gasteiger partial charge >= 0.3 is 0 Å². The first-order chi connectivity index (χ1) is 10.6. The summed E-state index contributed by atoms with van der Waals surface area (Å²) in [6, 6.07) is 10.0. The molecule has 0 atom stereocenters. The van der Waals surface area contributed by atoms with Gasteiger partial charge in [-0.1, -0.05) is 19.1 Å². The number of carbonyl (C=O) groups is 1. The SMILES string of the molecule is CCC(=O)NCCCNc1nc2cc(C)ccc2cc1C#N. The van der Waals surface area contributed by atoms with Gasteiger partial charge in [-0.2, -0.15) is 5.26 Å². The van der Waals surface area contributed by atoms with Crippen molar-refractivity contribution < 1.29 is 4.79 Å². The molecule has 0 aliphatic rings. The van der Waals surface area contributed by atoms with E-state index >= 15 is 0 Å². The number of nitrogens with one attached hydrogen (secondary N) is 2. The van der Waals surface area contributed by atoms with E-state index in [1.165, 1.54) is 0 Å². The van der Waals surface area contributed by atoms with Crippen LogP contribution in [0.4, 0.5) is 5.82 Å². The molecule has 5 heteroatoms. The van der Waals surface area contributed by atoms with E-state index < -0.39 is 0 Å². The summed E-state index contributed by atoms with van der Waals surface area (Å²) < 4.78 is 0. The number of anilines is 1. The van der Waals surface area contributed by atoms with Crippen LogP contribution in [0.1, 0.15) is 30.9 Å². The molecule has 1 aromatic heterocycles. The Kier molecular flexibility index (Phi) is 5.31. The van der Waals surface area contributed by atoms with Crippen LogP contribution in [0.15, 0.2) is 24.3 Å². The Hall–Kier alpha value is -2.61. The number of pyridine rings is 1. The molecule has 0 saturated carbocycles. The van der Waals surface area contributed by atoms with Crippen molar-refractivity contribution in [3.63, 3.8) is 0 Å². The number of hydrogen-bond acceptors (Lipinski definition) is 4. The van der Waals surface area contributed by atoms with Crippen molar-refractivity contribution in [3.05, 3.63) is 35.4 Å². The third kappa shape index (κ3) is 3.95. The third-order valence-electron chi connectivity index (χ3n) is 3.38. The molecule has 0 radical (unpaired) electrons. The number of aromatic nitrogens is 1. The molecule has 0 fully saturated rings. The normalized spacial score (nSPS) is 10.2. The largest absolute Gasteiger partial charge is 0.369 e. The number of nitrogens with zero attached hydrogens (tertiary/aromatic N) is 2. The van der Waals surface area contributed by atoms with Gasteiger partial charge in [0.25, 0.3) is 0 Å². The summed E-state index contributed by atoms with van der Waals surface area (Å²) in [6.07, 6.45) is 1.28. The molecular formula is C17H20N4O. The number of aryl methyl sites for hydroxylation is 1. The molecule has 0 aliphatic heterocycles. The van der Waals surface area contributed by atoms with Crippen LogP contribution in [-0.2, 0) is 4.79 Å². The zero-order valence-corrected chi connectivity index (χ0v) is 12.9. The highest BCUT2D eigenvalue weighted by Gasteiger charge is 2.06. The van der Waals surface area contributed by atoms with E-state index in [1.807, 2.05) is 38.1 Å². The molecule has 2 aromatic rings. The molecule has 5 nitrogen and oxygen atoms in total. The minimum Gasteiger partial charge on any atom is -0.369 e. The van der Waals surface area contributed by atoms with Crippen molar-refractivity contribution in [1.29, 1.82) is 5.26 Å². The van der Waals surface area contributed by atoms with Crippen LogP contribution in [-0.4, -0.2) is 24.0 Å². The van der Waals surface area contributed by atoms with E-state index in [4.69, 9.17) is 0 Å². The molecule has 0 saturated heterocycles. The molecule has 0 aliphatic carbocycles. The summed E-state index contributed by atoms with van der Waals surface area (Å²) in [4.78, 5) is 15.7. The van der Waals surface area contributed by atoms with E-state index in [0.717, 1.165) is 22.9 Å². The highest BCUT2D eigenvalue weighted by atomic mass is 16.1. The topological polar surface area (TPSA) is 77.8 Å². The standard InChI is InChI=1S/C17H20N4O/c1-3-16(22)19-7-4-8-20-17-14(11-18)10-13-6-5-12(2)9-15(13)21-17/h5-6,9-10H,3-4,7-8H2,1-2H3,(H,19,22)(H,20,21). The summed E-state index contributed by atoms with van der Waals surface area (Å²) in [7, 11) is 0. The second-order valence-electron chi connectivity index (χ2n) is 5.18. The van der Waals surface area contributed by atoms with E-state index in [9.17, 15) is 10.1 Å². The lowest BCUT2D eigenvalue weighted by Crippen LogP contribution is -2.24. The summed E-state index contributed by atoms with van der Waals surface area (Å²) in [5, 5.41) is 16.2. The number of amides is 1. The van der Waals surface area contributed by atoms with Gasteiger partial charge in [0.2, 0.25) is 5.91 Å². The van der Waals surface area contributed by atoms with Gasteiger partial charge in [0.15, 0.2) is 0 Å². The van der Waals surface area contributed by atoms with E-state index in [1.54, 1.807) is 0 Å². The third-order valence-corrected chi connectivity index (χ3v) is 3.38. The Balaban J connectivity index is 2.03. The Labute approximate surface area is 130 Å². The Bertz CT molecular complexity index is 718. The minimum absolute atomic E-state index is 0.0528. The number of carbonyl (C=O) groups excluding carboxylic acids is 1. The first kappa shape index (κ1) is 15.8. The average molecular weight is 296 g/mol. The average Bonchev–Trinajstić information content (AvgIpc) is 2.53. The number of hydrogen-bond donors (Lipinski definition) is 2. The summed E-state index contributed by atoms with van der Waals surface area (Å²) in [6.45, 7) is 5.12. The van der Waals surface area contributed by atoms with Crippen LogP contribution in [0.5, 0.6) is 0 Å². The molecule has 0 spiro atoms. The monoisotopic (exact) mass is 296 g/mol. The van der Waals surface area contributed by atoms with Crippen LogP contribution in [0.25, 0.3) is 10.9 Å². The van der Waals surface area contributed by atoms with Crippen molar-refractivity contribution in [2.45, 2.75) is 26.7 Å². The number of rotatable bonds is 6. The van der Waals surface area contributed by atoms with Crippen molar-refractivity contribution in [3.8, 4) is 6.07 Å². The molecule has 1 amide bonds. The maximum absolute atomic E-state index is 11.1. The van der Waals surface area contributed by atoms with Crippen LogP contribution >= 0.6 is 0 Å². The lowest BCUT2D eigenvalue weighted by Gasteiger charge is -2.09. The Morgan fingerprint density at radius 2 is 2.14 bits per heavy atom. The maximum atomic E-state index is 11.1. The molecular weight excluding hydrogens is 276 g/mol. The molecule has 0 bridgehead atoms. The zero-order valence-electron chi connectivity index (χ0n) is 12.9. The summed E-state index contributed by atoms with van der Waals surface area (Å²) >= 11 is 0. The molecule has 22 heavy (non-hydrogen) atoms. The highest BCUT2D eigenvalue weighted by molar-refractivity contribution is 5.83. The number of nitriles is 1. The second-order valence-corrected chi connectivity index (χ2v) is 5.18. The van der Waals surface area contributed by atoms with Gasteiger partial charge in [-0.15, -0.1) is 0 Å². The van der Waals surface area contributed by atoms with E-state index in [2.05, 4.69) is 21.7 Å².